The van der Waals surface area contributed by atoms with Gasteiger partial charge in [0.2, 0.25) is 0 Å². The highest BCUT2D eigenvalue weighted by Crippen LogP contribution is 2.39. The molecule has 2 unspecified atom stereocenters. The van der Waals surface area contributed by atoms with Crippen LogP contribution in [0, 0.1) is 0 Å². The molecule has 0 amide bonds. The van der Waals surface area contributed by atoms with E-state index in [1.165, 1.54) is 38.8 Å². The van der Waals surface area contributed by atoms with Crippen molar-refractivity contribution < 1.29 is 0 Å². The number of aliphatic imine (C=N–C) groups is 1. The van der Waals surface area contributed by atoms with Gasteiger partial charge in [0.1, 0.15) is 0 Å². The molecule has 3 heterocycles. The summed E-state index contributed by atoms with van der Waals surface area (Å²) in [6.07, 6.45) is 5.21. The van der Waals surface area contributed by atoms with Crippen molar-refractivity contribution in [3.63, 3.8) is 0 Å². The van der Waals surface area contributed by atoms with Crippen LogP contribution in [-0.4, -0.2) is 79.1 Å². The van der Waals surface area contributed by atoms with E-state index in [2.05, 4.69) is 33.8 Å². The van der Waals surface area contributed by atoms with Crippen LogP contribution in [0.2, 0.25) is 0 Å². The number of likely N-dealkylation sites (N-methyl/N-ethyl adjacent to an activating group) is 1. The molecule has 0 radical (unpaired) electrons. The summed E-state index contributed by atoms with van der Waals surface area (Å²) in [7, 11) is 4.24. The molecule has 0 aromatic carbocycles. The van der Waals surface area contributed by atoms with Crippen molar-refractivity contribution >= 4 is 5.96 Å². The third-order valence-corrected chi connectivity index (χ3v) is 5.13. The van der Waals surface area contributed by atoms with Crippen LogP contribution in [0.5, 0.6) is 0 Å². The number of nitrogens with zero attached hydrogens (tertiary/aromatic N) is 4. The summed E-state index contributed by atoms with van der Waals surface area (Å²) in [5.74, 6) is 0.772. The first-order valence-corrected chi connectivity index (χ1v) is 7.57. The molecule has 2 fully saturated rings. The van der Waals surface area contributed by atoms with Crippen LogP contribution in [0.15, 0.2) is 4.99 Å². The summed E-state index contributed by atoms with van der Waals surface area (Å²) in [5.41, 5.74) is 6.38. The van der Waals surface area contributed by atoms with E-state index in [0.29, 0.717) is 0 Å². The number of piperidine rings is 1. The Labute approximate surface area is 116 Å². The zero-order chi connectivity index (χ0) is 13.5. The van der Waals surface area contributed by atoms with E-state index in [1.807, 2.05) is 0 Å². The average Bonchev–Trinajstić information content (AvgIpc) is 2.93. The van der Waals surface area contributed by atoms with Gasteiger partial charge in [-0.15, -0.1) is 0 Å². The SMILES string of the molecule is CN(C)CCN1C(N)=NCC12CCN1CCCC1C2. The van der Waals surface area contributed by atoms with Crippen LogP contribution in [-0.2, 0) is 0 Å². The van der Waals surface area contributed by atoms with Gasteiger partial charge in [-0.05, 0) is 46.3 Å². The maximum atomic E-state index is 6.15. The van der Waals surface area contributed by atoms with E-state index < -0.39 is 0 Å². The van der Waals surface area contributed by atoms with Crippen molar-refractivity contribution in [2.75, 3.05) is 46.8 Å². The Hall–Kier alpha value is -0.810. The Kier molecular flexibility index (Phi) is 3.43. The molecule has 0 aromatic rings. The van der Waals surface area contributed by atoms with Gasteiger partial charge in [0, 0.05) is 25.7 Å². The van der Waals surface area contributed by atoms with Crippen LogP contribution >= 0.6 is 0 Å². The van der Waals surface area contributed by atoms with Crippen LogP contribution in [0.3, 0.4) is 0 Å². The normalized spacial score (nSPS) is 35.2. The van der Waals surface area contributed by atoms with Crippen LogP contribution < -0.4 is 5.73 Å². The number of guanidine groups is 1. The summed E-state index contributed by atoms with van der Waals surface area (Å²) in [5, 5.41) is 0. The molecular formula is C14H27N5. The van der Waals surface area contributed by atoms with E-state index >= 15 is 0 Å². The minimum atomic E-state index is 0.228. The first-order valence-electron chi connectivity index (χ1n) is 7.57. The van der Waals surface area contributed by atoms with Crippen LogP contribution in [0.4, 0.5) is 0 Å². The molecule has 108 valence electrons. The third kappa shape index (κ3) is 2.34. The largest absolute Gasteiger partial charge is 0.370 e. The van der Waals surface area contributed by atoms with Crippen molar-refractivity contribution in [2.45, 2.75) is 37.3 Å². The molecule has 3 aliphatic rings. The molecule has 0 aromatic heterocycles. The molecule has 1 spiro atoms. The lowest BCUT2D eigenvalue weighted by atomic mass is 9.82. The number of nitrogens with two attached hydrogens (primary N) is 1. The minimum absolute atomic E-state index is 0.228. The fourth-order valence-electron chi connectivity index (χ4n) is 4.00. The van der Waals surface area contributed by atoms with Crippen LogP contribution in [0.25, 0.3) is 0 Å². The zero-order valence-corrected chi connectivity index (χ0v) is 12.3. The molecule has 5 heteroatoms. The monoisotopic (exact) mass is 265 g/mol. The number of fused-ring (bicyclic) bond motifs is 1. The summed E-state index contributed by atoms with van der Waals surface area (Å²) in [6, 6.07) is 0.775. The van der Waals surface area contributed by atoms with Gasteiger partial charge in [-0.2, -0.15) is 0 Å². The Balaban J connectivity index is 1.71. The van der Waals surface area contributed by atoms with Crippen molar-refractivity contribution in [3.05, 3.63) is 0 Å². The molecule has 3 rings (SSSR count). The van der Waals surface area contributed by atoms with E-state index in [4.69, 9.17) is 5.73 Å². The molecule has 2 saturated heterocycles. The highest BCUT2D eigenvalue weighted by Gasteiger charge is 2.48. The summed E-state index contributed by atoms with van der Waals surface area (Å²) < 4.78 is 0. The molecule has 0 aliphatic carbocycles. The third-order valence-electron chi connectivity index (χ3n) is 5.13. The lowest BCUT2D eigenvalue weighted by molar-refractivity contribution is 0.0600. The summed E-state index contributed by atoms with van der Waals surface area (Å²) in [6.45, 7) is 5.50. The van der Waals surface area contributed by atoms with Gasteiger partial charge in [0.05, 0.1) is 12.1 Å². The zero-order valence-electron chi connectivity index (χ0n) is 12.3. The second-order valence-electron chi connectivity index (χ2n) is 6.64. The molecule has 0 bridgehead atoms. The van der Waals surface area contributed by atoms with Gasteiger partial charge in [-0.3, -0.25) is 4.99 Å². The van der Waals surface area contributed by atoms with E-state index in [-0.39, 0.29) is 5.54 Å². The first-order chi connectivity index (χ1) is 9.11. The fraction of sp³-hybridized carbons (Fsp3) is 0.929. The lowest BCUT2D eigenvalue weighted by Crippen LogP contribution is -2.59. The van der Waals surface area contributed by atoms with E-state index in [0.717, 1.165) is 31.6 Å². The molecule has 3 aliphatic heterocycles. The molecule has 5 nitrogen and oxygen atoms in total. The standard InChI is InChI=1S/C14H27N5/c1-17(2)8-9-19-13(15)16-11-14(19)5-7-18-6-3-4-12(18)10-14/h12H,3-11H2,1-2H3,(H2,15,16). The minimum Gasteiger partial charge on any atom is -0.370 e. The van der Waals surface area contributed by atoms with E-state index in [1.54, 1.807) is 0 Å². The van der Waals surface area contributed by atoms with Gasteiger partial charge >= 0.3 is 0 Å². The lowest BCUT2D eigenvalue weighted by Gasteiger charge is -2.47. The van der Waals surface area contributed by atoms with Gasteiger partial charge in [0.15, 0.2) is 5.96 Å². The smallest absolute Gasteiger partial charge is 0.191 e. The number of hydrogen-bond acceptors (Lipinski definition) is 5. The predicted octanol–water partition coefficient (Wildman–Crippen LogP) is 0.175. The quantitative estimate of drug-likeness (QED) is 0.790. The summed E-state index contributed by atoms with van der Waals surface area (Å²) in [4.78, 5) is 11.9. The van der Waals surface area contributed by atoms with Crippen molar-refractivity contribution in [1.29, 1.82) is 0 Å². The van der Waals surface area contributed by atoms with Crippen molar-refractivity contribution in [3.8, 4) is 0 Å². The number of rotatable bonds is 3. The topological polar surface area (TPSA) is 48.1 Å². The Morgan fingerprint density at radius 2 is 2.26 bits per heavy atom. The number of hydrogen-bond donors (Lipinski definition) is 1. The van der Waals surface area contributed by atoms with Gasteiger partial charge in [-0.25, -0.2) is 0 Å². The Morgan fingerprint density at radius 3 is 3.05 bits per heavy atom. The van der Waals surface area contributed by atoms with Gasteiger partial charge in [-0.1, -0.05) is 0 Å². The van der Waals surface area contributed by atoms with Gasteiger partial charge in [0.25, 0.3) is 0 Å². The fourth-order valence-corrected chi connectivity index (χ4v) is 4.00. The Bertz CT molecular complexity index is 367. The Morgan fingerprint density at radius 1 is 1.42 bits per heavy atom. The maximum absolute atomic E-state index is 6.15. The summed E-state index contributed by atoms with van der Waals surface area (Å²) >= 11 is 0. The molecule has 0 saturated carbocycles. The van der Waals surface area contributed by atoms with Crippen LogP contribution in [0.1, 0.15) is 25.7 Å². The second-order valence-corrected chi connectivity index (χ2v) is 6.64. The molecule has 2 atom stereocenters. The average molecular weight is 265 g/mol. The highest BCUT2D eigenvalue weighted by atomic mass is 15.4. The molecular weight excluding hydrogens is 238 g/mol. The molecule has 19 heavy (non-hydrogen) atoms. The highest BCUT2D eigenvalue weighted by molar-refractivity contribution is 5.81. The van der Waals surface area contributed by atoms with Crippen molar-refractivity contribution in [1.82, 2.24) is 14.7 Å². The van der Waals surface area contributed by atoms with Crippen molar-refractivity contribution in [2.24, 2.45) is 10.7 Å². The maximum Gasteiger partial charge on any atom is 0.191 e. The predicted molar refractivity (Wildman–Crippen MR) is 78.3 cm³/mol. The molecule has 2 N–H and O–H groups in total. The van der Waals surface area contributed by atoms with E-state index in [9.17, 15) is 0 Å². The van der Waals surface area contributed by atoms with Gasteiger partial charge < -0.3 is 20.4 Å². The first kappa shape index (κ1) is 13.2. The second kappa shape index (κ2) is 4.94.